The normalized spacial score (nSPS) is 20.9. The Morgan fingerprint density at radius 2 is 2.33 bits per heavy atom. The zero-order valence-electron chi connectivity index (χ0n) is 11.7. The molecule has 1 aromatic carbocycles. The Labute approximate surface area is 138 Å². The lowest BCUT2D eigenvalue weighted by Crippen LogP contribution is -2.53. The van der Waals surface area contributed by atoms with E-state index in [1.165, 1.54) is 12.1 Å². The molecular formula is C14H19BrClFN2O2. The Morgan fingerprint density at radius 3 is 2.90 bits per heavy atom. The fourth-order valence-corrected chi connectivity index (χ4v) is 2.82. The van der Waals surface area contributed by atoms with E-state index in [9.17, 15) is 9.18 Å². The molecule has 1 unspecified atom stereocenters. The van der Waals surface area contributed by atoms with Gasteiger partial charge in [0.1, 0.15) is 5.82 Å². The van der Waals surface area contributed by atoms with Crippen LogP contribution in [0, 0.1) is 5.82 Å². The summed E-state index contributed by atoms with van der Waals surface area (Å²) in [4.78, 5) is 12.0. The molecule has 2 N–H and O–H groups in total. The number of rotatable bonds is 5. The van der Waals surface area contributed by atoms with Crippen molar-refractivity contribution in [3.63, 3.8) is 0 Å². The topological polar surface area (TPSA) is 50.4 Å². The van der Waals surface area contributed by atoms with Crippen molar-refractivity contribution in [2.45, 2.75) is 18.4 Å². The molecule has 0 bridgehead atoms. The first-order chi connectivity index (χ1) is 9.56. The van der Waals surface area contributed by atoms with Crippen LogP contribution in [0.15, 0.2) is 22.7 Å². The molecule has 1 aromatic rings. The molecule has 0 spiro atoms. The lowest BCUT2D eigenvalue weighted by atomic mass is 9.98. The summed E-state index contributed by atoms with van der Waals surface area (Å²) in [5.41, 5.74) is -0.185. The molecule has 0 aliphatic carbocycles. The average Bonchev–Trinajstić information content (AvgIpc) is 2.85. The minimum absolute atomic E-state index is 0. The summed E-state index contributed by atoms with van der Waals surface area (Å²) < 4.78 is 19.5. The molecule has 1 fully saturated rings. The van der Waals surface area contributed by atoms with E-state index in [1.54, 1.807) is 13.2 Å². The number of carbonyl (C=O) groups is 1. The number of benzene rings is 1. The minimum atomic E-state index is -0.531. The van der Waals surface area contributed by atoms with E-state index in [4.69, 9.17) is 4.74 Å². The maximum absolute atomic E-state index is 13.7. The van der Waals surface area contributed by atoms with E-state index >= 15 is 0 Å². The lowest BCUT2D eigenvalue weighted by molar-refractivity contribution is 0.0888. The number of amides is 1. The Morgan fingerprint density at radius 1 is 1.57 bits per heavy atom. The molecule has 4 nitrogen and oxygen atoms in total. The number of nitrogens with one attached hydrogen (secondary N) is 2. The van der Waals surface area contributed by atoms with Crippen molar-refractivity contribution in [2.75, 3.05) is 26.8 Å². The van der Waals surface area contributed by atoms with Gasteiger partial charge < -0.3 is 15.4 Å². The summed E-state index contributed by atoms with van der Waals surface area (Å²) in [6.45, 7) is 1.86. The first-order valence-electron chi connectivity index (χ1n) is 6.53. The Balaban J connectivity index is 0.00000220. The Hall–Kier alpha value is -0.690. The van der Waals surface area contributed by atoms with Gasteiger partial charge in [-0.25, -0.2) is 4.39 Å². The zero-order valence-corrected chi connectivity index (χ0v) is 14.2. The highest BCUT2D eigenvalue weighted by Gasteiger charge is 2.34. The summed E-state index contributed by atoms with van der Waals surface area (Å²) in [5.74, 6) is -0.934. The largest absolute Gasteiger partial charge is 0.383 e. The van der Waals surface area contributed by atoms with Crippen LogP contribution in [-0.2, 0) is 4.74 Å². The molecule has 118 valence electrons. The fraction of sp³-hybridized carbons (Fsp3) is 0.500. The zero-order chi connectivity index (χ0) is 14.6. The number of halogens is 3. The molecule has 7 heteroatoms. The molecule has 1 aliphatic rings. The molecule has 0 saturated carbocycles. The van der Waals surface area contributed by atoms with Crippen LogP contribution in [0.1, 0.15) is 23.2 Å². The van der Waals surface area contributed by atoms with Crippen molar-refractivity contribution < 1.29 is 13.9 Å². The third kappa shape index (κ3) is 4.64. The van der Waals surface area contributed by atoms with Gasteiger partial charge in [-0.15, -0.1) is 12.4 Å². The molecule has 1 aliphatic heterocycles. The standard InChI is InChI=1S/C14H18BrFN2O2.ClH/c1-20-9-14(5-2-6-18-14)8-17-13(19)11-4-3-10(15)7-12(11)16;/h3-4,7,18H,2,5-6,8-9H2,1H3,(H,17,19);1H. The second kappa shape index (κ2) is 8.08. The fourth-order valence-electron chi connectivity index (χ4n) is 2.49. The van der Waals surface area contributed by atoms with Gasteiger partial charge in [-0.3, -0.25) is 4.79 Å². The van der Waals surface area contributed by atoms with Crippen LogP contribution in [0.25, 0.3) is 0 Å². The molecule has 1 saturated heterocycles. The summed E-state index contributed by atoms with van der Waals surface area (Å²) >= 11 is 3.17. The van der Waals surface area contributed by atoms with Crippen LogP contribution >= 0.6 is 28.3 Å². The van der Waals surface area contributed by atoms with Gasteiger partial charge in [0.2, 0.25) is 0 Å². The average molecular weight is 382 g/mol. The van der Waals surface area contributed by atoms with E-state index in [2.05, 4.69) is 26.6 Å². The maximum atomic E-state index is 13.7. The van der Waals surface area contributed by atoms with Crippen molar-refractivity contribution in [3.8, 4) is 0 Å². The third-order valence-corrected chi connectivity index (χ3v) is 4.01. The predicted molar refractivity (Wildman–Crippen MR) is 85.5 cm³/mol. The third-order valence-electron chi connectivity index (χ3n) is 3.52. The molecule has 1 atom stereocenters. The van der Waals surface area contributed by atoms with Crippen LogP contribution in [0.2, 0.25) is 0 Å². The van der Waals surface area contributed by atoms with Crippen molar-refractivity contribution in [2.24, 2.45) is 0 Å². The van der Waals surface area contributed by atoms with Crippen LogP contribution in [0.3, 0.4) is 0 Å². The highest BCUT2D eigenvalue weighted by molar-refractivity contribution is 9.10. The predicted octanol–water partition coefficient (Wildman–Crippen LogP) is 2.51. The van der Waals surface area contributed by atoms with Gasteiger partial charge in [-0.1, -0.05) is 15.9 Å². The van der Waals surface area contributed by atoms with E-state index in [0.29, 0.717) is 17.6 Å². The summed E-state index contributed by atoms with van der Waals surface area (Å²) in [7, 11) is 1.64. The molecule has 21 heavy (non-hydrogen) atoms. The summed E-state index contributed by atoms with van der Waals surface area (Å²) in [5, 5.41) is 6.15. The van der Waals surface area contributed by atoms with Gasteiger partial charge in [0, 0.05) is 18.1 Å². The van der Waals surface area contributed by atoms with Crippen LogP contribution < -0.4 is 10.6 Å². The molecule has 1 heterocycles. The lowest BCUT2D eigenvalue weighted by Gasteiger charge is -2.29. The minimum Gasteiger partial charge on any atom is -0.383 e. The molecular weight excluding hydrogens is 363 g/mol. The van der Waals surface area contributed by atoms with E-state index < -0.39 is 11.7 Å². The Bertz CT molecular complexity index is 496. The summed E-state index contributed by atoms with van der Waals surface area (Å²) in [6.07, 6.45) is 1.98. The number of hydrogen-bond acceptors (Lipinski definition) is 3. The van der Waals surface area contributed by atoms with Gasteiger partial charge >= 0.3 is 0 Å². The monoisotopic (exact) mass is 380 g/mol. The smallest absolute Gasteiger partial charge is 0.254 e. The van der Waals surface area contributed by atoms with Crippen molar-refractivity contribution >= 4 is 34.2 Å². The molecule has 0 radical (unpaired) electrons. The van der Waals surface area contributed by atoms with Crippen molar-refractivity contribution in [3.05, 3.63) is 34.1 Å². The second-order valence-corrected chi connectivity index (χ2v) is 5.97. The van der Waals surface area contributed by atoms with Crippen LogP contribution in [0.4, 0.5) is 4.39 Å². The van der Waals surface area contributed by atoms with Gasteiger partial charge in [0.15, 0.2) is 0 Å². The van der Waals surface area contributed by atoms with E-state index in [1.807, 2.05) is 0 Å². The van der Waals surface area contributed by atoms with Crippen molar-refractivity contribution in [1.82, 2.24) is 10.6 Å². The highest BCUT2D eigenvalue weighted by atomic mass is 79.9. The van der Waals surface area contributed by atoms with Gasteiger partial charge in [0.25, 0.3) is 5.91 Å². The van der Waals surface area contributed by atoms with Gasteiger partial charge in [-0.2, -0.15) is 0 Å². The Kier molecular flexibility index (Phi) is 7.06. The molecule has 0 aromatic heterocycles. The van der Waals surface area contributed by atoms with Crippen LogP contribution in [0.5, 0.6) is 0 Å². The highest BCUT2D eigenvalue weighted by Crippen LogP contribution is 2.19. The first kappa shape index (κ1) is 18.4. The SMILES string of the molecule is COCC1(CNC(=O)c2ccc(Br)cc2F)CCCN1.Cl. The van der Waals surface area contributed by atoms with Gasteiger partial charge in [0.05, 0.1) is 17.7 Å². The number of methoxy groups -OCH3 is 1. The van der Waals surface area contributed by atoms with E-state index in [0.717, 1.165) is 19.4 Å². The molecule has 1 amide bonds. The quantitative estimate of drug-likeness (QED) is 0.824. The van der Waals surface area contributed by atoms with Crippen molar-refractivity contribution in [1.29, 1.82) is 0 Å². The first-order valence-corrected chi connectivity index (χ1v) is 7.33. The number of ether oxygens (including phenoxy) is 1. The summed E-state index contributed by atoms with van der Waals surface area (Å²) in [6, 6.07) is 4.41. The second-order valence-electron chi connectivity index (χ2n) is 5.05. The van der Waals surface area contributed by atoms with E-state index in [-0.39, 0.29) is 23.5 Å². The molecule has 2 rings (SSSR count). The maximum Gasteiger partial charge on any atom is 0.254 e. The van der Waals surface area contributed by atoms with Gasteiger partial charge in [-0.05, 0) is 37.6 Å². The number of carbonyl (C=O) groups excluding carboxylic acids is 1. The number of hydrogen-bond donors (Lipinski definition) is 2. The van der Waals surface area contributed by atoms with Crippen LogP contribution in [-0.4, -0.2) is 38.3 Å².